The lowest BCUT2D eigenvalue weighted by Crippen LogP contribution is -2.41. The van der Waals surface area contributed by atoms with Crippen molar-refractivity contribution in [2.24, 2.45) is 0 Å². The first-order valence-electron chi connectivity index (χ1n) is 7.99. The van der Waals surface area contributed by atoms with Crippen molar-refractivity contribution in [3.05, 3.63) is 56.2 Å². The molecule has 0 spiro atoms. The van der Waals surface area contributed by atoms with Crippen LogP contribution < -0.4 is 10.9 Å². The van der Waals surface area contributed by atoms with E-state index >= 15 is 0 Å². The van der Waals surface area contributed by atoms with Gasteiger partial charge in [0.2, 0.25) is 5.88 Å². The highest BCUT2D eigenvalue weighted by Crippen LogP contribution is 2.36. The van der Waals surface area contributed by atoms with E-state index in [-0.39, 0.29) is 27.8 Å². The first kappa shape index (κ1) is 15.2. The molecule has 4 rings (SSSR count). The molecule has 24 heavy (non-hydrogen) atoms. The average Bonchev–Trinajstić information content (AvgIpc) is 2.92. The molecule has 3 aromatic rings. The van der Waals surface area contributed by atoms with Gasteiger partial charge in [0.15, 0.2) is 4.77 Å². The topological polar surface area (TPSA) is 96.7 Å². The molecule has 1 aliphatic heterocycles. The molecule has 2 unspecified atom stereocenters. The minimum absolute atomic E-state index is 0.112. The van der Waals surface area contributed by atoms with E-state index in [2.05, 4.69) is 33.3 Å². The predicted molar refractivity (Wildman–Crippen MR) is 95.0 cm³/mol. The molecule has 124 valence electrons. The van der Waals surface area contributed by atoms with Gasteiger partial charge in [-0.2, -0.15) is 0 Å². The maximum atomic E-state index is 12.4. The minimum Gasteiger partial charge on any atom is -0.494 e. The molecule has 2 atom stereocenters. The Hall–Kier alpha value is -2.38. The van der Waals surface area contributed by atoms with Gasteiger partial charge in [0.1, 0.15) is 5.56 Å². The smallest absolute Gasteiger partial charge is 0.260 e. The molecule has 0 bridgehead atoms. The number of rotatable bonds is 2. The van der Waals surface area contributed by atoms with E-state index in [1.165, 1.54) is 5.56 Å². The molecular formula is C17H18N4O2S. The molecule has 5 N–H and O–H groups in total. The van der Waals surface area contributed by atoms with Crippen molar-refractivity contribution >= 4 is 23.1 Å². The minimum atomic E-state index is -0.415. The Kier molecular flexibility index (Phi) is 3.54. The van der Waals surface area contributed by atoms with Gasteiger partial charge in [0, 0.05) is 22.6 Å². The highest BCUT2D eigenvalue weighted by Gasteiger charge is 2.33. The highest BCUT2D eigenvalue weighted by molar-refractivity contribution is 7.71. The summed E-state index contributed by atoms with van der Waals surface area (Å²) in [4.78, 5) is 21.0. The lowest BCUT2D eigenvalue weighted by molar-refractivity contribution is 0.393. The van der Waals surface area contributed by atoms with Crippen LogP contribution in [-0.4, -0.2) is 26.1 Å². The Morgan fingerprint density at radius 1 is 1.25 bits per heavy atom. The first-order chi connectivity index (χ1) is 11.6. The predicted octanol–water partition coefficient (Wildman–Crippen LogP) is 2.63. The number of fused-ring (bicyclic) bond motifs is 3. The number of aromatic amines is 3. The van der Waals surface area contributed by atoms with Crippen LogP contribution in [-0.2, 0) is 6.42 Å². The summed E-state index contributed by atoms with van der Waals surface area (Å²) in [6.07, 6.45) is 1.81. The third-order valence-electron chi connectivity index (χ3n) is 4.73. The van der Waals surface area contributed by atoms with Crippen molar-refractivity contribution < 1.29 is 5.11 Å². The molecule has 0 saturated heterocycles. The number of hydrogen-bond acceptors (Lipinski definition) is 4. The summed E-state index contributed by atoms with van der Waals surface area (Å²) in [6.45, 7) is 2.11. The van der Waals surface area contributed by atoms with Crippen LogP contribution in [0.2, 0.25) is 0 Å². The summed E-state index contributed by atoms with van der Waals surface area (Å²) in [5, 5.41) is 14.9. The second kappa shape index (κ2) is 5.61. The van der Waals surface area contributed by atoms with Crippen LogP contribution in [0, 0.1) is 4.77 Å². The molecule has 0 radical (unpaired) electrons. The summed E-state index contributed by atoms with van der Waals surface area (Å²) < 4.78 is 0.112. The fourth-order valence-corrected chi connectivity index (χ4v) is 3.74. The Morgan fingerprint density at radius 3 is 2.79 bits per heavy atom. The van der Waals surface area contributed by atoms with Crippen molar-refractivity contribution in [2.75, 3.05) is 0 Å². The Labute approximate surface area is 143 Å². The number of aromatic hydroxyl groups is 1. The van der Waals surface area contributed by atoms with Gasteiger partial charge < -0.3 is 20.4 Å². The van der Waals surface area contributed by atoms with Crippen LogP contribution in [0.15, 0.2) is 29.1 Å². The van der Waals surface area contributed by atoms with Crippen LogP contribution in [0.25, 0.3) is 10.9 Å². The van der Waals surface area contributed by atoms with Gasteiger partial charge in [-0.15, -0.1) is 0 Å². The maximum absolute atomic E-state index is 12.4. The zero-order valence-electron chi connectivity index (χ0n) is 13.1. The van der Waals surface area contributed by atoms with E-state index in [4.69, 9.17) is 12.2 Å². The van der Waals surface area contributed by atoms with Gasteiger partial charge in [-0.05, 0) is 36.7 Å². The van der Waals surface area contributed by atoms with E-state index in [1.807, 2.05) is 18.2 Å². The Morgan fingerprint density at radius 2 is 2.04 bits per heavy atom. The second-order valence-corrected chi connectivity index (χ2v) is 6.55. The summed E-state index contributed by atoms with van der Waals surface area (Å²) in [6, 6.07) is 7.91. The van der Waals surface area contributed by atoms with Crippen LogP contribution in [0.1, 0.15) is 36.2 Å². The van der Waals surface area contributed by atoms with Gasteiger partial charge in [-0.1, -0.05) is 25.1 Å². The molecule has 1 aliphatic rings. The molecule has 3 heterocycles. The fraction of sp³-hybridized carbons (Fsp3) is 0.294. The molecule has 0 saturated carbocycles. The summed E-state index contributed by atoms with van der Waals surface area (Å²) in [5.74, 6) is -0.192. The van der Waals surface area contributed by atoms with Crippen LogP contribution in [0.4, 0.5) is 0 Å². The summed E-state index contributed by atoms with van der Waals surface area (Å²) in [5.41, 5.74) is 3.03. The van der Waals surface area contributed by atoms with Crippen molar-refractivity contribution in [3.8, 4) is 5.88 Å². The van der Waals surface area contributed by atoms with Gasteiger partial charge >= 0.3 is 0 Å². The first-order valence-corrected chi connectivity index (χ1v) is 8.40. The van der Waals surface area contributed by atoms with E-state index in [1.54, 1.807) is 0 Å². The van der Waals surface area contributed by atoms with Crippen LogP contribution in [0.5, 0.6) is 5.88 Å². The normalized spacial score (nSPS) is 20.2. The largest absolute Gasteiger partial charge is 0.494 e. The zero-order valence-corrected chi connectivity index (χ0v) is 14.0. The molecule has 6 nitrogen and oxygen atoms in total. The quantitative estimate of drug-likeness (QED) is 0.463. The zero-order chi connectivity index (χ0) is 16.8. The summed E-state index contributed by atoms with van der Waals surface area (Å²) >= 11 is 4.93. The maximum Gasteiger partial charge on any atom is 0.260 e. The number of para-hydroxylation sites is 1. The van der Waals surface area contributed by atoms with Crippen molar-refractivity contribution in [1.29, 1.82) is 0 Å². The Bertz CT molecular complexity index is 1030. The number of nitrogens with one attached hydrogen (secondary N) is 4. The Balaban J connectivity index is 1.98. The molecule has 0 aliphatic carbocycles. The van der Waals surface area contributed by atoms with Gasteiger partial charge in [0.25, 0.3) is 5.56 Å². The van der Waals surface area contributed by atoms with Crippen molar-refractivity contribution in [1.82, 2.24) is 20.3 Å². The number of hydrogen-bond donors (Lipinski definition) is 5. The lowest BCUT2D eigenvalue weighted by Gasteiger charge is -2.30. The van der Waals surface area contributed by atoms with E-state index in [0.29, 0.717) is 0 Å². The van der Waals surface area contributed by atoms with E-state index in [9.17, 15) is 9.90 Å². The molecule has 7 heteroatoms. The molecular weight excluding hydrogens is 324 g/mol. The highest BCUT2D eigenvalue weighted by atomic mass is 32.1. The second-order valence-electron chi connectivity index (χ2n) is 6.14. The molecule has 0 amide bonds. The van der Waals surface area contributed by atoms with Gasteiger partial charge in [0.05, 0.1) is 6.04 Å². The molecule has 0 fully saturated rings. The molecule has 1 aromatic carbocycles. The third kappa shape index (κ3) is 2.28. The van der Waals surface area contributed by atoms with E-state index < -0.39 is 6.04 Å². The van der Waals surface area contributed by atoms with Crippen molar-refractivity contribution in [3.63, 3.8) is 0 Å². The number of H-pyrrole nitrogens is 3. The average molecular weight is 342 g/mol. The van der Waals surface area contributed by atoms with Crippen molar-refractivity contribution in [2.45, 2.75) is 31.8 Å². The van der Waals surface area contributed by atoms with Crippen LogP contribution in [0.3, 0.4) is 0 Å². The summed E-state index contributed by atoms with van der Waals surface area (Å²) in [7, 11) is 0. The lowest BCUT2D eigenvalue weighted by atomic mass is 9.90. The van der Waals surface area contributed by atoms with Crippen LogP contribution >= 0.6 is 12.2 Å². The fourth-order valence-electron chi connectivity index (χ4n) is 3.55. The monoisotopic (exact) mass is 342 g/mol. The SMILES string of the molecule is CCC1Cc2c([nH]c3ccccc23)C(c2c(O)[nH]c(=S)[nH]c2=O)N1. The number of benzene rings is 1. The third-order valence-corrected chi connectivity index (χ3v) is 4.93. The van der Waals surface area contributed by atoms with E-state index in [0.717, 1.165) is 29.4 Å². The number of aromatic nitrogens is 3. The standard InChI is InChI=1S/C17H18N4O2S/c1-2-8-7-10-9-5-3-4-6-11(9)19-13(10)14(18-8)12-15(22)20-17(24)21-16(12)23/h3-6,8,14,18-19H,2,7H2,1H3,(H3,20,21,22,23,24). The van der Waals surface area contributed by atoms with Gasteiger partial charge in [-0.3, -0.25) is 9.78 Å². The van der Waals surface area contributed by atoms with Gasteiger partial charge in [-0.25, -0.2) is 0 Å². The molecule has 2 aromatic heterocycles.